The van der Waals surface area contributed by atoms with Crippen LogP contribution in [0.25, 0.3) is 11.1 Å². The second-order valence-corrected chi connectivity index (χ2v) is 7.37. The molecule has 1 aromatic carbocycles. The molecule has 7 heteroatoms. The van der Waals surface area contributed by atoms with Crippen molar-refractivity contribution in [3.63, 3.8) is 0 Å². The van der Waals surface area contributed by atoms with Crippen molar-refractivity contribution in [2.24, 2.45) is 11.7 Å². The first kappa shape index (κ1) is 20.2. The lowest BCUT2D eigenvalue weighted by molar-refractivity contribution is -0.128. The minimum Gasteiger partial charge on any atom is -0.396 e. The van der Waals surface area contributed by atoms with Crippen LogP contribution in [0.15, 0.2) is 36.7 Å². The maximum atomic E-state index is 11.7. The number of likely N-dealkylation sites (N-methyl/N-ethyl adjacent to an activating group) is 1. The molecule has 28 heavy (non-hydrogen) atoms. The summed E-state index contributed by atoms with van der Waals surface area (Å²) in [5, 5.41) is 9.08. The van der Waals surface area contributed by atoms with Gasteiger partial charge in [-0.25, -0.2) is 9.97 Å². The Morgan fingerprint density at radius 2 is 1.96 bits per heavy atom. The SMILES string of the molecule is CN(Cc1cccc(-c2cnc(N3CCC(CCO)CC3)nc2)c1)C(=O)CN. The Hall–Kier alpha value is -2.51. The quantitative estimate of drug-likeness (QED) is 0.755. The van der Waals surface area contributed by atoms with Gasteiger partial charge in [-0.3, -0.25) is 4.79 Å². The molecule has 3 N–H and O–H groups in total. The highest BCUT2D eigenvalue weighted by molar-refractivity contribution is 5.77. The van der Waals surface area contributed by atoms with Crippen LogP contribution < -0.4 is 10.6 Å². The number of aromatic nitrogens is 2. The first-order chi connectivity index (χ1) is 13.6. The standard InChI is InChI=1S/C21H29N5O2/c1-25(20(28)12-22)15-17-3-2-4-18(11-17)19-13-23-21(24-14-19)26-8-5-16(6-9-26)7-10-27/h2-4,11,13-14,16,27H,5-10,12,15,22H2,1H3. The van der Waals surface area contributed by atoms with Crippen LogP contribution in [0, 0.1) is 5.92 Å². The lowest BCUT2D eigenvalue weighted by Gasteiger charge is -2.31. The van der Waals surface area contributed by atoms with E-state index in [4.69, 9.17) is 10.8 Å². The van der Waals surface area contributed by atoms with Crippen LogP contribution in [-0.4, -0.2) is 59.2 Å². The van der Waals surface area contributed by atoms with E-state index in [-0.39, 0.29) is 19.1 Å². The molecule has 0 radical (unpaired) electrons. The van der Waals surface area contributed by atoms with Crippen LogP contribution in [-0.2, 0) is 11.3 Å². The number of nitrogens with zero attached hydrogens (tertiary/aromatic N) is 4. The van der Waals surface area contributed by atoms with E-state index in [1.165, 1.54) is 0 Å². The predicted molar refractivity (Wildman–Crippen MR) is 110 cm³/mol. The molecule has 1 aromatic heterocycles. The van der Waals surface area contributed by atoms with Crippen LogP contribution in [0.3, 0.4) is 0 Å². The van der Waals surface area contributed by atoms with Crippen LogP contribution in [0.1, 0.15) is 24.8 Å². The highest BCUT2D eigenvalue weighted by Gasteiger charge is 2.20. The summed E-state index contributed by atoms with van der Waals surface area (Å²) in [6.07, 6.45) is 6.74. The number of benzene rings is 1. The topological polar surface area (TPSA) is 95.6 Å². The summed E-state index contributed by atoms with van der Waals surface area (Å²) in [7, 11) is 1.75. The van der Waals surface area contributed by atoms with Crippen molar-refractivity contribution in [2.75, 3.05) is 38.2 Å². The van der Waals surface area contributed by atoms with Gasteiger partial charge in [0.1, 0.15) is 0 Å². The summed E-state index contributed by atoms with van der Waals surface area (Å²) in [6, 6.07) is 8.05. The van der Waals surface area contributed by atoms with Gasteiger partial charge in [-0.05, 0) is 42.4 Å². The molecule has 1 saturated heterocycles. The van der Waals surface area contributed by atoms with Gasteiger partial charge in [0, 0.05) is 51.2 Å². The summed E-state index contributed by atoms with van der Waals surface area (Å²) in [5.74, 6) is 1.28. The fourth-order valence-electron chi connectivity index (χ4n) is 3.60. The van der Waals surface area contributed by atoms with Crippen molar-refractivity contribution >= 4 is 11.9 Å². The molecule has 0 bridgehead atoms. The van der Waals surface area contributed by atoms with E-state index >= 15 is 0 Å². The Morgan fingerprint density at radius 1 is 1.25 bits per heavy atom. The molecule has 2 heterocycles. The molecule has 3 rings (SSSR count). The monoisotopic (exact) mass is 383 g/mol. The lowest BCUT2D eigenvalue weighted by Crippen LogP contribution is -2.35. The minimum atomic E-state index is -0.0825. The van der Waals surface area contributed by atoms with E-state index in [9.17, 15) is 4.79 Å². The number of carbonyl (C=O) groups excluding carboxylic acids is 1. The Bertz CT molecular complexity index is 773. The van der Waals surface area contributed by atoms with Gasteiger partial charge in [-0.15, -0.1) is 0 Å². The normalized spacial score (nSPS) is 14.9. The Morgan fingerprint density at radius 3 is 2.61 bits per heavy atom. The number of amides is 1. The van der Waals surface area contributed by atoms with E-state index in [2.05, 4.69) is 20.9 Å². The van der Waals surface area contributed by atoms with Gasteiger partial charge in [0.15, 0.2) is 0 Å². The highest BCUT2D eigenvalue weighted by Crippen LogP contribution is 2.24. The number of rotatable bonds is 7. The third kappa shape index (κ3) is 5.05. The number of aliphatic hydroxyl groups is 1. The zero-order valence-corrected chi connectivity index (χ0v) is 16.4. The van der Waals surface area contributed by atoms with E-state index in [1.807, 2.05) is 30.6 Å². The molecule has 1 amide bonds. The first-order valence-electron chi connectivity index (χ1n) is 9.82. The van der Waals surface area contributed by atoms with Gasteiger partial charge >= 0.3 is 0 Å². The van der Waals surface area contributed by atoms with Gasteiger partial charge in [-0.2, -0.15) is 0 Å². The van der Waals surface area contributed by atoms with Crippen LogP contribution in [0.4, 0.5) is 5.95 Å². The smallest absolute Gasteiger partial charge is 0.236 e. The molecule has 0 atom stereocenters. The number of anilines is 1. The molecular formula is C21H29N5O2. The molecule has 0 saturated carbocycles. The number of aliphatic hydroxyl groups excluding tert-OH is 1. The number of piperidine rings is 1. The van der Waals surface area contributed by atoms with Crippen molar-refractivity contribution in [2.45, 2.75) is 25.8 Å². The third-order valence-electron chi connectivity index (χ3n) is 5.35. The fraction of sp³-hybridized carbons (Fsp3) is 0.476. The van der Waals surface area contributed by atoms with Crippen molar-refractivity contribution in [3.05, 3.63) is 42.2 Å². The molecule has 0 aliphatic carbocycles. The van der Waals surface area contributed by atoms with E-state index < -0.39 is 0 Å². The molecule has 7 nitrogen and oxygen atoms in total. The molecule has 1 aliphatic heterocycles. The van der Waals surface area contributed by atoms with Crippen LogP contribution in [0.5, 0.6) is 0 Å². The molecule has 1 fully saturated rings. The summed E-state index contributed by atoms with van der Waals surface area (Å²) in [6.45, 7) is 2.67. The van der Waals surface area contributed by atoms with Crippen molar-refractivity contribution in [1.29, 1.82) is 0 Å². The maximum absolute atomic E-state index is 11.7. The first-order valence-corrected chi connectivity index (χ1v) is 9.82. The summed E-state index contributed by atoms with van der Waals surface area (Å²) in [4.78, 5) is 24.6. The zero-order valence-electron chi connectivity index (χ0n) is 16.4. The van der Waals surface area contributed by atoms with Crippen LogP contribution >= 0.6 is 0 Å². The third-order valence-corrected chi connectivity index (χ3v) is 5.35. The average Bonchev–Trinajstić information content (AvgIpc) is 2.74. The maximum Gasteiger partial charge on any atom is 0.236 e. The molecule has 0 spiro atoms. The van der Waals surface area contributed by atoms with E-state index in [0.717, 1.165) is 55.0 Å². The molecule has 150 valence electrons. The number of hydrogen-bond donors (Lipinski definition) is 2. The number of nitrogens with two attached hydrogens (primary N) is 1. The molecular weight excluding hydrogens is 354 g/mol. The van der Waals surface area contributed by atoms with Crippen molar-refractivity contribution in [3.8, 4) is 11.1 Å². The van der Waals surface area contributed by atoms with Gasteiger partial charge in [0.25, 0.3) is 0 Å². The lowest BCUT2D eigenvalue weighted by atomic mass is 9.94. The zero-order chi connectivity index (χ0) is 19.9. The molecule has 0 unspecified atom stereocenters. The van der Waals surface area contributed by atoms with Crippen molar-refractivity contribution < 1.29 is 9.90 Å². The largest absolute Gasteiger partial charge is 0.396 e. The van der Waals surface area contributed by atoms with Gasteiger partial charge in [0.05, 0.1) is 6.54 Å². The van der Waals surface area contributed by atoms with Gasteiger partial charge in [-0.1, -0.05) is 18.2 Å². The fourth-order valence-corrected chi connectivity index (χ4v) is 3.60. The summed E-state index contributed by atoms with van der Waals surface area (Å²) in [5.41, 5.74) is 8.44. The molecule has 2 aromatic rings. The average molecular weight is 383 g/mol. The second kappa shape index (κ2) is 9.61. The van der Waals surface area contributed by atoms with Crippen LogP contribution in [0.2, 0.25) is 0 Å². The van der Waals surface area contributed by atoms with Gasteiger partial charge < -0.3 is 20.6 Å². The Balaban J connectivity index is 1.65. The number of carbonyl (C=O) groups is 1. The molecule has 1 aliphatic rings. The Kier molecular flexibility index (Phi) is 6.95. The minimum absolute atomic E-state index is 0.0166. The Labute approximate surface area is 166 Å². The summed E-state index contributed by atoms with van der Waals surface area (Å²) >= 11 is 0. The van der Waals surface area contributed by atoms with Crippen molar-refractivity contribution in [1.82, 2.24) is 14.9 Å². The van der Waals surface area contributed by atoms with Gasteiger partial charge in [0.2, 0.25) is 11.9 Å². The number of hydrogen-bond acceptors (Lipinski definition) is 6. The van der Waals surface area contributed by atoms with E-state index in [1.54, 1.807) is 11.9 Å². The second-order valence-electron chi connectivity index (χ2n) is 7.37. The summed E-state index contributed by atoms with van der Waals surface area (Å²) < 4.78 is 0. The predicted octanol–water partition coefficient (Wildman–Crippen LogP) is 1.66. The highest BCUT2D eigenvalue weighted by atomic mass is 16.3. The van der Waals surface area contributed by atoms with E-state index in [0.29, 0.717) is 12.5 Å².